The molecule has 1 heterocycles. The van der Waals surface area contributed by atoms with Crippen LogP contribution in [-0.4, -0.2) is 24.2 Å². The number of carboxylic acid groups (broad SMARTS) is 1. The first-order valence-electron chi connectivity index (χ1n) is 4.96. The Hall–Kier alpha value is -0.570. The van der Waals surface area contributed by atoms with Gasteiger partial charge in [0, 0.05) is 0 Å². The van der Waals surface area contributed by atoms with Crippen LogP contribution in [0, 0.1) is 11.3 Å². The molecule has 0 aromatic rings. The zero-order valence-corrected chi connectivity index (χ0v) is 8.47. The molecule has 0 saturated carbocycles. The Kier molecular flexibility index (Phi) is 3.31. The lowest BCUT2D eigenvalue weighted by atomic mass is 9.79. The van der Waals surface area contributed by atoms with Crippen molar-refractivity contribution in [1.82, 2.24) is 5.32 Å². The summed E-state index contributed by atoms with van der Waals surface area (Å²) in [6.07, 6.45) is 3.05. The fraction of sp³-hybridized carbons (Fsp3) is 0.900. The maximum absolute atomic E-state index is 10.9. The zero-order valence-electron chi connectivity index (χ0n) is 8.47. The van der Waals surface area contributed by atoms with Crippen molar-refractivity contribution in [3.8, 4) is 0 Å². The van der Waals surface area contributed by atoms with E-state index in [2.05, 4.69) is 5.32 Å². The van der Waals surface area contributed by atoms with E-state index in [9.17, 15) is 4.79 Å². The van der Waals surface area contributed by atoms with E-state index < -0.39 is 11.4 Å². The molecule has 1 aliphatic heterocycles. The molecule has 76 valence electrons. The molecule has 0 unspecified atom stereocenters. The molecule has 1 aliphatic rings. The smallest absolute Gasteiger partial charge is 0.309 e. The van der Waals surface area contributed by atoms with E-state index in [-0.39, 0.29) is 0 Å². The molecule has 0 aromatic carbocycles. The van der Waals surface area contributed by atoms with Crippen LogP contribution in [-0.2, 0) is 4.79 Å². The molecule has 0 radical (unpaired) electrons. The van der Waals surface area contributed by atoms with Crippen molar-refractivity contribution < 1.29 is 9.90 Å². The third kappa shape index (κ3) is 2.99. The molecule has 1 rings (SSSR count). The van der Waals surface area contributed by atoms with Crippen LogP contribution in [0.25, 0.3) is 0 Å². The van der Waals surface area contributed by atoms with Gasteiger partial charge in [-0.3, -0.25) is 4.79 Å². The van der Waals surface area contributed by atoms with E-state index in [4.69, 9.17) is 5.11 Å². The quantitative estimate of drug-likeness (QED) is 0.700. The maximum Gasteiger partial charge on any atom is 0.309 e. The molecule has 0 amide bonds. The summed E-state index contributed by atoms with van der Waals surface area (Å²) in [5, 5.41) is 12.2. The summed E-state index contributed by atoms with van der Waals surface area (Å²) in [5.41, 5.74) is -0.554. The average molecular weight is 185 g/mol. The van der Waals surface area contributed by atoms with Crippen molar-refractivity contribution in [2.24, 2.45) is 11.3 Å². The van der Waals surface area contributed by atoms with Gasteiger partial charge in [-0.2, -0.15) is 0 Å². The van der Waals surface area contributed by atoms with Crippen LogP contribution in [0.1, 0.15) is 33.1 Å². The number of rotatable bonds is 3. The molecular formula is C10H19NO2. The molecule has 1 saturated heterocycles. The molecule has 0 atom stereocenters. The standard InChI is InChI=1S/C10H19NO2/c1-10(2,9(12)13)7-8-3-5-11-6-4-8/h8,11H,3-7H2,1-2H3,(H,12,13). The van der Waals surface area contributed by atoms with Gasteiger partial charge in [-0.15, -0.1) is 0 Å². The number of hydrogen-bond acceptors (Lipinski definition) is 2. The Balaban J connectivity index is 2.41. The van der Waals surface area contributed by atoms with E-state index in [1.54, 1.807) is 0 Å². The Morgan fingerprint density at radius 2 is 2.00 bits per heavy atom. The highest BCUT2D eigenvalue weighted by molar-refractivity contribution is 5.73. The van der Waals surface area contributed by atoms with Gasteiger partial charge < -0.3 is 10.4 Å². The summed E-state index contributed by atoms with van der Waals surface area (Å²) >= 11 is 0. The second-order valence-corrected chi connectivity index (χ2v) is 4.59. The largest absolute Gasteiger partial charge is 0.481 e. The lowest BCUT2D eigenvalue weighted by Gasteiger charge is -2.29. The van der Waals surface area contributed by atoms with Gasteiger partial charge in [0.05, 0.1) is 5.41 Å². The number of piperidine rings is 1. The molecule has 3 nitrogen and oxygen atoms in total. The summed E-state index contributed by atoms with van der Waals surface area (Å²) in [7, 11) is 0. The minimum absolute atomic E-state index is 0.554. The fourth-order valence-electron chi connectivity index (χ4n) is 1.89. The second kappa shape index (κ2) is 4.09. The third-order valence-electron chi connectivity index (χ3n) is 2.84. The van der Waals surface area contributed by atoms with Crippen LogP contribution in [0.3, 0.4) is 0 Å². The van der Waals surface area contributed by atoms with Gasteiger partial charge in [0.1, 0.15) is 0 Å². The van der Waals surface area contributed by atoms with Gasteiger partial charge in [0.2, 0.25) is 0 Å². The summed E-state index contributed by atoms with van der Waals surface area (Å²) in [6.45, 7) is 5.72. The van der Waals surface area contributed by atoms with Crippen LogP contribution in [0.2, 0.25) is 0 Å². The van der Waals surface area contributed by atoms with E-state index >= 15 is 0 Å². The minimum atomic E-state index is -0.675. The van der Waals surface area contributed by atoms with Crippen LogP contribution >= 0.6 is 0 Å². The minimum Gasteiger partial charge on any atom is -0.481 e. The van der Waals surface area contributed by atoms with Crippen molar-refractivity contribution >= 4 is 5.97 Å². The van der Waals surface area contributed by atoms with Crippen LogP contribution in [0.15, 0.2) is 0 Å². The molecule has 0 bridgehead atoms. The molecule has 13 heavy (non-hydrogen) atoms. The molecule has 1 fully saturated rings. The lowest BCUT2D eigenvalue weighted by Crippen LogP contribution is -2.33. The number of hydrogen-bond donors (Lipinski definition) is 2. The summed E-state index contributed by atoms with van der Waals surface area (Å²) in [4.78, 5) is 10.9. The molecule has 2 N–H and O–H groups in total. The summed E-state index contributed by atoms with van der Waals surface area (Å²) in [6, 6.07) is 0. The molecule has 0 spiro atoms. The van der Waals surface area contributed by atoms with E-state index in [0.29, 0.717) is 5.92 Å². The topological polar surface area (TPSA) is 49.3 Å². The number of nitrogens with one attached hydrogen (secondary N) is 1. The van der Waals surface area contributed by atoms with Gasteiger partial charge in [0.25, 0.3) is 0 Å². The van der Waals surface area contributed by atoms with Crippen molar-refractivity contribution in [2.45, 2.75) is 33.1 Å². The number of carboxylic acids is 1. The highest BCUT2D eigenvalue weighted by Gasteiger charge is 2.30. The van der Waals surface area contributed by atoms with E-state index in [1.165, 1.54) is 0 Å². The normalized spacial score (nSPS) is 20.2. The monoisotopic (exact) mass is 185 g/mol. The van der Waals surface area contributed by atoms with Gasteiger partial charge in [-0.1, -0.05) is 0 Å². The van der Waals surface area contributed by atoms with E-state index in [0.717, 1.165) is 32.4 Å². The third-order valence-corrected chi connectivity index (χ3v) is 2.84. The Morgan fingerprint density at radius 3 is 2.46 bits per heavy atom. The predicted octanol–water partition coefficient (Wildman–Crippen LogP) is 1.49. The first kappa shape index (κ1) is 10.5. The summed E-state index contributed by atoms with van der Waals surface area (Å²) in [5.74, 6) is -0.0848. The fourth-order valence-corrected chi connectivity index (χ4v) is 1.89. The van der Waals surface area contributed by atoms with Gasteiger partial charge in [-0.05, 0) is 52.1 Å². The highest BCUT2D eigenvalue weighted by Crippen LogP contribution is 2.30. The first-order chi connectivity index (χ1) is 6.02. The molecule has 0 aliphatic carbocycles. The Bertz CT molecular complexity index is 183. The van der Waals surface area contributed by atoms with Gasteiger partial charge >= 0.3 is 5.97 Å². The number of carbonyl (C=O) groups is 1. The number of aliphatic carboxylic acids is 1. The predicted molar refractivity (Wildman–Crippen MR) is 51.6 cm³/mol. The van der Waals surface area contributed by atoms with Crippen molar-refractivity contribution in [1.29, 1.82) is 0 Å². The highest BCUT2D eigenvalue weighted by atomic mass is 16.4. The molecule has 0 aromatic heterocycles. The summed E-state index contributed by atoms with van der Waals surface area (Å²) < 4.78 is 0. The molecule has 3 heteroatoms. The lowest BCUT2D eigenvalue weighted by molar-refractivity contribution is -0.148. The zero-order chi connectivity index (χ0) is 9.90. The Labute approximate surface area is 79.5 Å². The average Bonchev–Trinajstić information content (AvgIpc) is 2.05. The SMILES string of the molecule is CC(C)(CC1CCNCC1)C(=O)O. The van der Waals surface area contributed by atoms with Crippen LogP contribution in [0.4, 0.5) is 0 Å². The second-order valence-electron chi connectivity index (χ2n) is 4.59. The first-order valence-corrected chi connectivity index (χ1v) is 4.96. The molecular weight excluding hydrogens is 166 g/mol. The van der Waals surface area contributed by atoms with Crippen LogP contribution in [0.5, 0.6) is 0 Å². The Morgan fingerprint density at radius 1 is 1.46 bits per heavy atom. The van der Waals surface area contributed by atoms with Crippen molar-refractivity contribution in [3.63, 3.8) is 0 Å². The van der Waals surface area contributed by atoms with Crippen molar-refractivity contribution in [2.75, 3.05) is 13.1 Å². The van der Waals surface area contributed by atoms with E-state index in [1.807, 2.05) is 13.8 Å². The maximum atomic E-state index is 10.9. The van der Waals surface area contributed by atoms with Crippen LogP contribution < -0.4 is 5.32 Å². The van der Waals surface area contributed by atoms with Gasteiger partial charge in [0.15, 0.2) is 0 Å². The van der Waals surface area contributed by atoms with Gasteiger partial charge in [-0.25, -0.2) is 0 Å². The van der Waals surface area contributed by atoms with Crippen molar-refractivity contribution in [3.05, 3.63) is 0 Å².